The van der Waals surface area contributed by atoms with E-state index in [9.17, 15) is 30.0 Å². The monoisotopic (exact) mass is 425 g/mol. The first-order valence-corrected chi connectivity index (χ1v) is 9.99. The Kier molecular flexibility index (Phi) is 7.03. The van der Waals surface area contributed by atoms with Crippen LogP contribution in [0.25, 0.3) is 0 Å². The Morgan fingerprint density at radius 1 is 0.926 bits per heavy atom. The maximum Gasteiger partial charge on any atom is 0.534 e. The van der Waals surface area contributed by atoms with Crippen molar-refractivity contribution in [2.75, 3.05) is 0 Å². The Balaban J connectivity index is 0.00000364. The average Bonchev–Trinajstić information content (AvgIpc) is 2.54. The van der Waals surface area contributed by atoms with E-state index in [4.69, 9.17) is 0 Å². The molecule has 0 fully saturated rings. The Bertz CT molecular complexity index is 957. The summed E-state index contributed by atoms with van der Waals surface area (Å²) in [4.78, 5) is 0.0584. The minimum Gasteiger partial charge on any atom is -0.376 e. The molecule has 150 valence electrons. The van der Waals surface area contributed by atoms with Crippen LogP contribution in [0.15, 0.2) is 59.5 Å². The zero-order valence-electron chi connectivity index (χ0n) is 13.3. The summed E-state index contributed by atoms with van der Waals surface area (Å²) in [6.07, 6.45) is 0. The van der Waals surface area contributed by atoms with Crippen molar-refractivity contribution in [1.29, 1.82) is 0 Å². The fourth-order valence-electron chi connectivity index (χ4n) is 1.95. The standard InChI is InChI=1S/C15H14F3NO5S2.CH4/c1-11(19-25(20,21)14-5-3-2-4-6-14)12-7-9-13(10-8-12)24-26(22,23)15(16,17)18;/h2-11,19H,1H3;1H4. The van der Waals surface area contributed by atoms with Crippen molar-refractivity contribution in [3.8, 4) is 5.75 Å². The highest BCUT2D eigenvalue weighted by Crippen LogP contribution is 2.27. The van der Waals surface area contributed by atoms with Crippen LogP contribution in [0.4, 0.5) is 13.2 Å². The number of halogens is 3. The molecule has 0 aliphatic carbocycles. The molecular formula is C16H18F3NO5S2. The number of hydrogen-bond acceptors (Lipinski definition) is 5. The summed E-state index contributed by atoms with van der Waals surface area (Å²) in [6.45, 7) is 1.53. The molecule has 11 heteroatoms. The molecule has 1 N–H and O–H groups in total. The Hall–Kier alpha value is -2.11. The van der Waals surface area contributed by atoms with Crippen molar-refractivity contribution >= 4 is 20.1 Å². The molecule has 0 saturated carbocycles. The SMILES string of the molecule is C.CC(NS(=O)(=O)c1ccccc1)c1ccc(OS(=O)(=O)C(F)(F)F)cc1. The van der Waals surface area contributed by atoms with E-state index >= 15 is 0 Å². The van der Waals surface area contributed by atoms with Gasteiger partial charge in [-0.15, -0.1) is 0 Å². The van der Waals surface area contributed by atoms with Gasteiger partial charge in [0.25, 0.3) is 0 Å². The van der Waals surface area contributed by atoms with Crippen molar-refractivity contribution in [1.82, 2.24) is 4.72 Å². The van der Waals surface area contributed by atoms with Crippen molar-refractivity contribution in [3.05, 3.63) is 60.2 Å². The highest BCUT2D eigenvalue weighted by atomic mass is 32.2. The predicted octanol–water partition coefficient (Wildman–Crippen LogP) is 3.59. The number of benzene rings is 2. The Morgan fingerprint density at radius 2 is 1.44 bits per heavy atom. The summed E-state index contributed by atoms with van der Waals surface area (Å²) in [5.41, 5.74) is -5.13. The lowest BCUT2D eigenvalue weighted by molar-refractivity contribution is -0.0500. The van der Waals surface area contributed by atoms with Crippen LogP contribution in [0, 0.1) is 0 Å². The second kappa shape index (κ2) is 8.28. The summed E-state index contributed by atoms with van der Waals surface area (Å²) < 4.78 is 89.6. The molecule has 0 spiro atoms. The lowest BCUT2D eigenvalue weighted by Gasteiger charge is -2.15. The first-order valence-electron chi connectivity index (χ1n) is 7.10. The molecular weight excluding hydrogens is 407 g/mol. The summed E-state index contributed by atoms with van der Waals surface area (Å²) in [6, 6.07) is 11.4. The minimum atomic E-state index is -5.76. The smallest absolute Gasteiger partial charge is 0.376 e. The topological polar surface area (TPSA) is 89.5 Å². The highest BCUT2D eigenvalue weighted by molar-refractivity contribution is 7.89. The molecule has 0 bridgehead atoms. The van der Waals surface area contributed by atoms with E-state index < -0.39 is 37.4 Å². The molecule has 2 rings (SSSR count). The molecule has 2 aromatic carbocycles. The first-order chi connectivity index (χ1) is 11.9. The van der Waals surface area contributed by atoms with E-state index in [0.29, 0.717) is 5.56 Å². The van der Waals surface area contributed by atoms with Gasteiger partial charge in [-0.3, -0.25) is 0 Å². The van der Waals surface area contributed by atoms with Crippen LogP contribution in [0.5, 0.6) is 5.75 Å². The van der Waals surface area contributed by atoms with Crippen LogP contribution in [-0.2, 0) is 20.1 Å². The molecule has 0 aliphatic rings. The number of nitrogens with one attached hydrogen (secondary N) is 1. The molecule has 0 aromatic heterocycles. The van der Waals surface area contributed by atoms with Gasteiger partial charge in [0.2, 0.25) is 10.0 Å². The van der Waals surface area contributed by atoms with Gasteiger partial charge in [-0.25, -0.2) is 13.1 Å². The van der Waals surface area contributed by atoms with E-state index in [2.05, 4.69) is 8.91 Å². The number of rotatable bonds is 6. The van der Waals surface area contributed by atoms with Crippen molar-refractivity contribution in [3.63, 3.8) is 0 Å². The van der Waals surface area contributed by atoms with Gasteiger partial charge >= 0.3 is 15.6 Å². The molecule has 0 saturated heterocycles. The maximum absolute atomic E-state index is 12.3. The van der Waals surface area contributed by atoms with Crippen LogP contribution in [0.2, 0.25) is 0 Å². The third-order valence-electron chi connectivity index (χ3n) is 3.25. The molecule has 1 unspecified atom stereocenters. The third-order valence-corrected chi connectivity index (χ3v) is 5.79. The normalized spacial score (nSPS) is 13.5. The van der Waals surface area contributed by atoms with E-state index in [1.54, 1.807) is 18.2 Å². The van der Waals surface area contributed by atoms with E-state index in [-0.39, 0.29) is 12.3 Å². The van der Waals surface area contributed by atoms with E-state index in [1.165, 1.54) is 31.2 Å². The van der Waals surface area contributed by atoms with Crippen LogP contribution in [0.3, 0.4) is 0 Å². The Labute approximate surface area is 156 Å². The molecule has 0 radical (unpaired) electrons. The zero-order chi connectivity index (χ0) is 19.6. The second-order valence-corrected chi connectivity index (χ2v) is 8.46. The van der Waals surface area contributed by atoms with Crippen LogP contribution >= 0.6 is 0 Å². The molecule has 6 nitrogen and oxygen atoms in total. The molecule has 0 amide bonds. The lowest BCUT2D eigenvalue weighted by Crippen LogP contribution is -2.28. The van der Waals surface area contributed by atoms with Gasteiger partial charge in [0, 0.05) is 6.04 Å². The van der Waals surface area contributed by atoms with E-state index in [0.717, 1.165) is 12.1 Å². The van der Waals surface area contributed by atoms with Crippen LogP contribution in [0.1, 0.15) is 26.0 Å². The molecule has 27 heavy (non-hydrogen) atoms. The van der Waals surface area contributed by atoms with Crippen molar-refractivity contribution in [2.45, 2.75) is 30.8 Å². The fraction of sp³-hybridized carbons (Fsp3) is 0.250. The van der Waals surface area contributed by atoms with Gasteiger partial charge in [-0.05, 0) is 36.8 Å². The first kappa shape index (κ1) is 22.9. The lowest BCUT2D eigenvalue weighted by atomic mass is 10.1. The summed E-state index contributed by atoms with van der Waals surface area (Å²) >= 11 is 0. The molecule has 0 heterocycles. The van der Waals surface area contributed by atoms with Gasteiger partial charge in [-0.2, -0.15) is 21.6 Å². The quantitative estimate of drug-likeness (QED) is 0.564. The number of alkyl halides is 3. The van der Waals surface area contributed by atoms with Crippen molar-refractivity contribution < 1.29 is 34.2 Å². The third kappa shape index (κ3) is 5.68. The summed E-state index contributed by atoms with van der Waals surface area (Å²) in [5.74, 6) is -0.538. The highest BCUT2D eigenvalue weighted by Gasteiger charge is 2.48. The van der Waals surface area contributed by atoms with Gasteiger partial charge in [0.05, 0.1) is 4.90 Å². The molecule has 0 aliphatic heterocycles. The minimum absolute atomic E-state index is 0. The van der Waals surface area contributed by atoms with Crippen LogP contribution < -0.4 is 8.91 Å². The van der Waals surface area contributed by atoms with E-state index in [1.807, 2.05) is 0 Å². The number of sulfonamides is 1. The fourth-order valence-corrected chi connectivity index (χ4v) is 3.67. The number of hydrogen-bond donors (Lipinski definition) is 1. The van der Waals surface area contributed by atoms with Gasteiger partial charge in [-0.1, -0.05) is 37.8 Å². The Morgan fingerprint density at radius 3 is 1.93 bits per heavy atom. The maximum atomic E-state index is 12.3. The average molecular weight is 425 g/mol. The van der Waals surface area contributed by atoms with Crippen molar-refractivity contribution in [2.24, 2.45) is 0 Å². The molecule has 2 aromatic rings. The predicted molar refractivity (Wildman–Crippen MR) is 94.0 cm³/mol. The van der Waals surface area contributed by atoms with Gasteiger partial charge in [0.15, 0.2) is 0 Å². The second-order valence-electron chi connectivity index (χ2n) is 5.21. The van der Waals surface area contributed by atoms with Gasteiger partial charge < -0.3 is 4.18 Å². The molecule has 1 atom stereocenters. The summed E-state index contributed by atoms with van der Waals surface area (Å²) in [7, 11) is -9.55. The zero-order valence-corrected chi connectivity index (χ0v) is 14.9. The van der Waals surface area contributed by atoms with Crippen LogP contribution in [-0.4, -0.2) is 22.3 Å². The van der Waals surface area contributed by atoms with Gasteiger partial charge in [0.1, 0.15) is 5.75 Å². The summed E-state index contributed by atoms with van der Waals surface area (Å²) in [5, 5.41) is 0. The largest absolute Gasteiger partial charge is 0.534 e.